The maximum atomic E-state index is 11.6. The minimum atomic E-state index is -0.0582. The lowest BCUT2D eigenvalue weighted by molar-refractivity contribution is -0.122. The molecule has 0 aliphatic carbocycles. The van der Waals surface area contributed by atoms with E-state index in [4.69, 9.17) is 0 Å². The van der Waals surface area contributed by atoms with Gasteiger partial charge in [0.25, 0.3) is 0 Å². The lowest BCUT2D eigenvalue weighted by atomic mass is 9.98. The summed E-state index contributed by atoms with van der Waals surface area (Å²) in [6.07, 6.45) is 3.66. The molecule has 0 bridgehead atoms. The van der Waals surface area contributed by atoms with E-state index in [2.05, 4.69) is 45.3 Å². The van der Waals surface area contributed by atoms with Crippen LogP contribution < -0.4 is 10.6 Å². The van der Waals surface area contributed by atoms with E-state index >= 15 is 0 Å². The molecule has 0 aromatic rings. The van der Waals surface area contributed by atoms with Crippen molar-refractivity contribution in [2.45, 2.75) is 71.9 Å². The number of rotatable bonds is 8. The fraction of sp³-hybridized carbons (Fsp3) is 0.923. The first-order valence-corrected chi connectivity index (χ1v) is 6.42. The van der Waals surface area contributed by atoms with Crippen LogP contribution in [0.4, 0.5) is 0 Å². The van der Waals surface area contributed by atoms with Gasteiger partial charge in [0.05, 0.1) is 0 Å². The Labute approximate surface area is 100 Å². The molecule has 0 heterocycles. The molecule has 0 unspecified atom stereocenters. The lowest BCUT2D eigenvalue weighted by Gasteiger charge is -2.25. The molecule has 0 saturated carbocycles. The molecule has 16 heavy (non-hydrogen) atoms. The molecular weight excluding hydrogens is 200 g/mol. The second-order valence-corrected chi connectivity index (χ2v) is 5.39. The highest BCUT2D eigenvalue weighted by Gasteiger charge is 2.18. The van der Waals surface area contributed by atoms with Gasteiger partial charge in [-0.1, -0.05) is 27.2 Å². The van der Waals surface area contributed by atoms with E-state index < -0.39 is 0 Å². The van der Waals surface area contributed by atoms with Crippen LogP contribution in [0.15, 0.2) is 0 Å². The van der Waals surface area contributed by atoms with Gasteiger partial charge in [0, 0.05) is 18.0 Å². The summed E-state index contributed by atoms with van der Waals surface area (Å²) < 4.78 is 0. The van der Waals surface area contributed by atoms with Crippen LogP contribution in [0.2, 0.25) is 0 Å². The summed E-state index contributed by atoms with van der Waals surface area (Å²) in [7, 11) is 0. The SMILES string of the molecule is CCCC(C)(C)NC(=O)CCCNC(C)C. The molecule has 1 amide bonds. The predicted molar refractivity (Wildman–Crippen MR) is 69.5 cm³/mol. The van der Waals surface area contributed by atoms with Crippen molar-refractivity contribution in [2.75, 3.05) is 6.54 Å². The molecule has 0 aromatic carbocycles. The van der Waals surface area contributed by atoms with Crippen LogP contribution in [0.1, 0.15) is 60.3 Å². The summed E-state index contributed by atoms with van der Waals surface area (Å²) in [5, 5.41) is 6.39. The lowest BCUT2D eigenvalue weighted by Crippen LogP contribution is -2.43. The highest BCUT2D eigenvalue weighted by Crippen LogP contribution is 2.10. The van der Waals surface area contributed by atoms with Gasteiger partial charge in [-0.25, -0.2) is 0 Å². The Morgan fingerprint density at radius 1 is 1.31 bits per heavy atom. The summed E-state index contributed by atoms with van der Waals surface area (Å²) in [4.78, 5) is 11.6. The third kappa shape index (κ3) is 8.72. The van der Waals surface area contributed by atoms with Crippen molar-refractivity contribution in [2.24, 2.45) is 0 Å². The first-order chi connectivity index (χ1) is 7.37. The van der Waals surface area contributed by atoms with E-state index in [0.717, 1.165) is 25.8 Å². The first kappa shape index (κ1) is 15.4. The minimum Gasteiger partial charge on any atom is -0.351 e. The van der Waals surface area contributed by atoms with E-state index in [1.54, 1.807) is 0 Å². The molecule has 0 saturated heterocycles. The number of nitrogens with one attached hydrogen (secondary N) is 2. The zero-order valence-corrected chi connectivity index (χ0v) is 11.5. The first-order valence-electron chi connectivity index (χ1n) is 6.42. The molecule has 0 aliphatic heterocycles. The van der Waals surface area contributed by atoms with Crippen LogP contribution in [-0.2, 0) is 4.79 Å². The van der Waals surface area contributed by atoms with Gasteiger partial charge in [-0.15, -0.1) is 0 Å². The fourth-order valence-corrected chi connectivity index (χ4v) is 1.77. The average Bonchev–Trinajstić information content (AvgIpc) is 2.11. The van der Waals surface area contributed by atoms with Crippen LogP contribution in [0.5, 0.6) is 0 Å². The Morgan fingerprint density at radius 3 is 2.44 bits per heavy atom. The molecule has 96 valence electrons. The van der Waals surface area contributed by atoms with Gasteiger partial charge in [0.2, 0.25) is 5.91 Å². The molecule has 0 aromatic heterocycles. The van der Waals surface area contributed by atoms with Gasteiger partial charge in [-0.3, -0.25) is 4.79 Å². The third-order valence-electron chi connectivity index (χ3n) is 2.49. The smallest absolute Gasteiger partial charge is 0.220 e. The van der Waals surface area contributed by atoms with Crippen molar-refractivity contribution in [1.82, 2.24) is 10.6 Å². The molecule has 3 nitrogen and oxygen atoms in total. The number of hydrogen-bond acceptors (Lipinski definition) is 2. The normalized spacial score (nSPS) is 11.9. The van der Waals surface area contributed by atoms with Gasteiger partial charge < -0.3 is 10.6 Å². The van der Waals surface area contributed by atoms with E-state index in [0.29, 0.717) is 12.5 Å². The average molecular weight is 228 g/mol. The molecule has 0 spiro atoms. The van der Waals surface area contributed by atoms with E-state index in [1.807, 2.05) is 0 Å². The Morgan fingerprint density at radius 2 is 1.94 bits per heavy atom. The molecule has 3 heteroatoms. The second kappa shape index (κ2) is 7.66. The van der Waals surface area contributed by atoms with Crippen molar-refractivity contribution in [3.05, 3.63) is 0 Å². The van der Waals surface area contributed by atoms with Gasteiger partial charge in [0.1, 0.15) is 0 Å². The number of amides is 1. The van der Waals surface area contributed by atoms with Crippen molar-refractivity contribution in [3.8, 4) is 0 Å². The highest BCUT2D eigenvalue weighted by molar-refractivity contribution is 5.76. The van der Waals surface area contributed by atoms with E-state index in [1.165, 1.54) is 0 Å². The summed E-state index contributed by atoms with van der Waals surface area (Å²) in [6.45, 7) is 11.5. The zero-order chi connectivity index (χ0) is 12.6. The largest absolute Gasteiger partial charge is 0.351 e. The molecule has 0 aliphatic rings. The van der Waals surface area contributed by atoms with Crippen LogP contribution in [0.25, 0.3) is 0 Å². The summed E-state index contributed by atoms with van der Waals surface area (Å²) in [5.74, 6) is 0.170. The van der Waals surface area contributed by atoms with E-state index in [-0.39, 0.29) is 11.4 Å². The fourth-order valence-electron chi connectivity index (χ4n) is 1.77. The molecule has 0 rings (SSSR count). The second-order valence-electron chi connectivity index (χ2n) is 5.39. The summed E-state index contributed by atoms with van der Waals surface area (Å²) in [6, 6.07) is 0.500. The van der Waals surface area contributed by atoms with Crippen molar-refractivity contribution >= 4 is 5.91 Å². The minimum absolute atomic E-state index is 0.0582. The topological polar surface area (TPSA) is 41.1 Å². The molecule has 0 fully saturated rings. The Balaban J connectivity index is 3.66. The van der Waals surface area contributed by atoms with Crippen molar-refractivity contribution in [3.63, 3.8) is 0 Å². The summed E-state index contributed by atoms with van der Waals surface area (Å²) in [5.41, 5.74) is -0.0582. The standard InChI is InChI=1S/C13H28N2O/c1-6-9-13(4,5)15-12(16)8-7-10-14-11(2)3/h11,14H,6-10H2,1-5H3,(H,15,16). The zero-order valence-electron chi connectivity index (χ0n) is 11.5. The van der Waals surface area contributed by atoms with Gasteiger partial charge in [0.15, 0.2) is 0 Å². The molecular formula is C13H28N2O. The quantitative estimate of drug-likeness (QED) is 0.627. The van der Waals surface area contributed by atoms with Gasteiger partial charge in [-0.2, -0.15) is 0 Å². The number of carbonyl (C=O) groups is 1. The monoisotopic (exact) mass is 228 g/mol. The maximum absolute atomic E-state index is 11.6. The van der Waals surface area contributed by atoms with Crippen LogP contribution >= 0.6 is 0 Å². The number of carbonyl (C=O) groups excluding carboxylic acids is 1. The molecule has 2 N–H and O–H groups in total. The Bertz CT molecular complexity index is 200. The molecule has 0 atom stereocenters. The van der Waals surface area contributed by atoms with E-state index in [9.17, 15) is 4.79 Å². The van der Waals surface area contributed by atoms with Crippen LogP contribution in [-0.4, -0.2) is 24.0 Å². The van der Waals surface area contributed by atoms with Gasteiger partial charge in [-0.05, 0) is 33.2 Å². The number of hydrogen-bond donors (Lipinski definition) is 2. The molecule has 0 radical (unpaired) electrons. The highest BCUT2D eigenvalue weighted by atomic mass is 16.1. The van der Waals surface area contributed by atoms with Crippen LogP contribution in [0.3, 0.4) is 0 Å². The van der Waals surface area contributed by atoms with Crippen molar-refractivity contribution in [1.29, 1.82) is 0 Å². The van der Waals surface area contributed by atoms with Gasteiger partial charge >= 0.3 is 0 Å². The predicted octanol–water partition coefficient (Wildman–Crippen LogP) is 2.46. The Hall–Kier alpha value is -0.570. The van der Waals surface area contributed by atoms with Crippen LogP contribution in [0, 0.1) is 0 Å². The maximum Gasteiger partial charge on any atom is 0.220 e. The third-order valence-corrected chi connectivity index (χ3v) is 2.49. The summed E-state index contributed by atoms with van der Waals surface area (Å²) >= 11 is 0. The van der Waals surface area contributed by atoms with Crippen molar-refractivity contribution < 1.29 is 4.79 Å². The Kier molecular flexibility index (Phi) is 7.39.